The molecule has 0 aliphatic heterocycles. The van der Waals surface area contributed by atoms with E-state index in [2.05, 4.69) is 20.8 Å². The van der Waals surface area contributed by atoms with Gasteiger partial charge in [-0.05, 0) is 19.8 Å². The van der Waals surface area contributed by atoms with E-state index in [1.54, 1.807) is 0 Å². The predicted molar refractivity (Wildman–Crippen MR) is 51.4 cm³/mol. The largest absolute Gasteiger partial charge is 0.379 e. The average Bonchev–Trinajstić information content (AvgIpc) is 2.09. The minimum absolute atomic E-state index is 0.252. The minimum Gasteiger partial charge on any atom is -0.379 e. The van der Waals surface area contributed by atoms with Gasteiger partial charge in [-0.2, -0.15) is 0 Å². The van der Waals surface area contributed by atoms with Crippen LogP contribution in [0.4, 0.5) is 0 Å². The van der Waals surface area contributed by atoms with Gasteiger partial charge >= 0.3 is 0 Å². The second-order valence-electron chi connectivity index (χ2n) is 3.11. The molecule has 2 nitrogen and oxygen atoms in total. The number of rotatable bonds is 8. The first-order chi connectivity index (χ1) is 5.81. The summed E-state index contributed by atoms with van der Waals surface area (Å²) in [5.41, 5.74) is 0. The third kappa shape index (κ3) is 8.02. The highest BCUT2D eigenvalue weighted by Crippen LogP contribution is 1.95. The van der Waals surface area contributed by atoms with Gasteiger partial charge in [0.1, 0.15) is 0 Å². The van der Waals surface area contributed by atoms with Crippen LogP contribution in [0.5, 0.6) is 0 Å². The van der Waals surface area contributed by atoms with Crippen molar-refractivity contribution in [2.45, 2.75) is 46.1 Å². The molecule has 74 valence electrons. The van der Waals surface area contributed by atoms with Crippen LogP contribution < -0.4 is 0 Å². The third-order valence-corrected chi connectivity index (χ3v) is 1.60. The summed E-state index contributed by atoms with van der Waals surface area (Å²) < 4.78 is 10.9. The molecule has 0 aliphatic rings. The number of ether oxygens (including phenoxy) is 2. The molecular weight excluding hydrogens is 152 g/mol. The van der Waals surface area contributed by atoms with Crippen LogP contribution in [0.25, 0.3) is 0 Å². The van der Waals surface area contributed by atoms with Crippen LogP contribution in [0.3, 0.4) is 0 Å². The molecule has 1 atom stereocenters. The second-order valence-corrected chi connectivity index (χ2v) is 3.11. The Bertz CT molecular complexity index is 83.9. The zero-order valence-electron chi connectivity index (χ0n) is 8.64. The van der Waals surface area contributed by atoms with Crippen LogP contribution in [0.2, 0.25) is 0 Å². The van der Waals surface area contributed by atoms with Crippen molar-refractivity contribution in [1.29, 1.82) is 0 Å². The molecule has 0 aromatic rings. The van der Waals surface area contributed by atoms with Gasteiger partial charge in [0.25, 0.3) is 0 Å². The average molecular weight is 174 g/mol. The van der Waals surface area contributed by atoms with Gasteiger partial charge in [-0.15, -0.1) is 0 Å². The third-order valence-electron chi connectivity index (χ3n) is 1.60. The standard InChI is InChI=1S/C10H22O2/c1-4-6-8-11-9-10(3)12-7-5-2/h10H,4-9H2,1-3H3. The van der Waals surface area contributed by atoms with Gasteiger partial charge < -0.3 is 9.47 Å². The van der Waals surface area contributed by atoms with E-state index in [0.29, 0.717) is 0 Å². The van der Waals surface area contributed by atoms with E-state index >= 15 is 0 Å². The van der Waals surface area contributed by atoms with E-state index in [1.807, 2.05) is 0 Å². The second kappa shape index (κ2) is 9.01. The topological polar surface area (TPSA) is 18.5 Å². The highest BCUT2D eigenvalue weighted by atomic mass is 16.5. The fourth-order valence-corrected chi connectivity index (χ4v) is 0.863. The van der Waals surface area contributed by atoms with Crippen molar-refractivity contribution in [3.8, 4) is 0 Å². The fraction of sp³-hybridized carbons (Fsp3) is 1.00. The van der Waals surface area contributed by atoms with Gasteiger partial charge in [-0.25, -0.2) is 0 Å². The fourth-order valence-electron chi connectivity index (χ4n) is 0.863. The van der Waals surface area contributed by atoms with Crippen molar-refractivity contribution in [3.05, 3.63) is 0 Å². The van der Waals surface area contributed by atoms with Gasteiger partial charge in [-0.1, -0.05) is 20.3 Å². The molecule has 12 heavy (non-hydrogen) atoms. The lowest BCUT2D eigenvalue weighted by molar-refractivity contribution is -0.00690. The highest BCUT2D eigenvalue weighted by molar-refractivity contribution is 4.46. The zero-order chi connectivity index (χ0) is 9.23. The summed E-state index contributed by atoms with van der Waals surface area (Å²) >= 11 is 0. The first kappa shape index (κ1) is 11.9. The zero-order valence-corrected chi connectivity index (χ0v) is 8.64. The van der Waals surface area contributed by atoms with Gasteiger partial charge in [-0.3, -0.25) is 0 Å². The molecule has 0 spiro atoms. The predicted octanol–water partition coefficient (Wildman–Crippen LogP) is 2.62. The monoisotopic (exact) mass is 174 g/mol. The summed E-state index contributed by atoms with van der Waals surface area (Å²) in [5, 5.41) is 0. The van der Waals surface area contributed by atoms with Crippen LogP contribution in [-0.4, -0.2) is 25.9 Å². The molecule has 0 aliphatic carbocycles. The van der Waals surface area contributed by atoms with E-state index in [-0.39, 0.29) is 6.10 Å². The molecule has 0 fully saturated rings. The van der Waals surface area contributed by atoms with Crippen molar-refractivity contribution in [2.24, 2.45) is 0 Å². The molecule has 0 saturated carbocycles. The maximum absolute atomic E-state index is 5.45. The molecular formula is C10H22O2. The highest BCUT2D eigenvalue weighted by Gasteiger charge is 1.99. The van der Waals surface area contributed by atoms with E-state index in [0.717, 1.165) is 32.7 Å². The van der Waals surface area contributed by atoms with Crippen molar-refractivity contribution >= 4 is 0 Å². The molecule has 0 heterocycles. The Labute approximate surface area is 76.3 Å². The van der Waals surface area contributed by atoms with Crippen LogP contribution >= 0.6 is 0 Å². The van der Waals surface area contributed by atoms with Crippen LogP contribution in [-0.2, 0) is 9.47 Å². The van der Waals surface area contributed by atoms with E-state index in [1.165, 1.54) is 6.42 Å². The lowest BCUT2D eigenvalue weighted by atomic mass is 10.3. The smallest absolute Gasteiger partial charge is 0.0780 e. The summed E-state index contributed by atoms with van der Waals surface area (Å²) in [6, 6.07) is 0. The molecule has 1 unspecified atom stereocenters. The lowest BCUT2D eigenvalue weighted by Gasteiger charge is -2.12. The van der Waals surface area contributed by atoms with Gasteiger partial charge in [0.15, 0.2) is 0 Å². The van der Waals surface area contributed by atoms with E-state index in [4.69, 9.17) is 9.47 Å². The molecule has 0 aromatic heterocycles. The molecule has 0 aromatic carbocycles. The van der Waals surface area contributed by atoms with Gasteiger partial charge in [0.2, 0.25) is 0 Å². The molecule has 0 amide bonds. The number of unbranched alkanes of at least 4 members (excludes halogenated alkanes) is 1. The first-order valence-electron chi connectivity index (χ1n) is 5.00. The maximum Gasteiger partial charge on any atom is 0.0780 e. The minimum atomic E-state index is 0.252. The molecule has 0 radical (unpaired) electrons. The molecule has 0 N–H and O–H groups in total. The van der Waals surface area contributed by atoms with Crippen LogP contribution in [0, 0.1) is 0 Å². The summed E-state index contributed by atoms with van der Waals surface area (Å²) in [6.07, 6.45) is 3.69. The SMILES string of the molecule is CCCCOCC(C)OCCC. The van der Waals surface area contributed by atoms with E-state index < -0.39 is 0 Å². The Morgan fingerprint density at radius 1 is 1.08 bits per heavy atom. The normalized spacial score (nSPS) is 13.2. The Kier molecular flexibility index (Phi) is 8.95. The first-order valence-corrected chi connectivity index (χ1v) is 5.00. The van der Waals surface area contributed by atoms with Crippen molar-refractivity contribution in [1.82, 2.24) is 0 Å². The Balaban J connectivity index is 3.02. The van der Waals surface area contributed by atoms with Crippen molar-refractivity contribution < 1.29 is 9.47 Å². The van der Waals surface area contributed by atoms with Gasteiger partial charge in [0.05, 0.1) is 12.7 Å². The maximum atomic E-state index is 5.45. The Morgan fingerprint density at radius 2 is 1.83 bits per heavy atom. The Hall–Kier alpha value is -0.0800. The van der Waals surface area contributed by atoms with E-state index in [9.17, 15) is 0 Å². The molecule has 2 heteroatoms. The summed E-state index contributed by atoms with van der Waals surface area (Å²) in [7, 11) is 0. The lowest BCUT2D eigenvalue weighted by Crippen LogP contribution is -2.16. The summed E-state index contributed by atoms with van der Waals surface area (Å²) in [6.45, 7) is 8.79. The van der Waals surface area contributed by atoms with Crippen molar-refractivity contribution in [3.63, 3.8) is 0 Å². The molecule has 0 bridgehead atoms. The summed E-state index contributed by atoms with van der Waals surface area (Å²) in [5.74, 6) is 0. The number of hydrogen-bond donors (Lipinski definition) is 0. The van der Waals surface area contributed by atoms with Crippen LogP contribution in [0.1, 0.15) is 40.0 Å². The van der Waals surface area contributed by atoms with Crippen LogP contribution in [0.15, 0.2) is 0 Å². The summed E-state index contributed by atoms with van der Waals surface area (Å²) in [4.78, 5) is 0. The van der Waals surface area contributed by atoms with Crippen molar-refractivity contribution in [2.75, 3.05) is 19.8 Å². The Morgan fingerprint density at radius 3 is 2.42 bits per heavy atom. The van der Waals surface area contributed by atoms with Gasteiger partial charge in [0, 0.05) is 13.2 Å². The quantitative estimate of drug-likeness (QED) is 0.527. The molecule has 0 rings (SSSR count). The number of hydrogen-bond acceptors (Lipinski definition) is 2. The molecule has 0 saturated heterocycles.